The summed E-state index contributed by atoms with van der Waals surface area (Å²) in [5.74, 6) is -3.44. The largest absolute Gasteiger partial charge is 0.481 e. The second-order valence-corrected chi connectivity index (χ2v) is 8.89. The molecule has 4 aromatic carbocycles. The molecule has 4 aromatic rings. The molecule has 4 nitrogen and oxygen atoms in total. The van der Waals surface area contributed by atoms with Crippen LogP contribution in [0.1, 0.15) is 28.5 Å². The molecule has 4 heteroatoms. The van der Waals surface area contributed by atoms with Gasteiger partial charge in [0.25, 0.3) is 0 Å². The van der Waals surface area contributed by atoms with Crippen LogP contribution in [-0.2, 0) is 20.9 Å². The number of rotatable bonds is 7. The molecule has 0 aromatic heterocycles. The number of esters is 1. The zero-order valence-electron chi connectivity index (χ0n) is 19.2. The summed E-state index contributed by atoms with van der Waals surface area (Å²) in [4.78, 5) is 25.9. The Labute approximate surface area is 204 Å². The molecule has 1 aliphatic carbocycles. The van der Waals surface area contributed by atoms with Gasteiger partial charge in [0, 0.05) is 11.8 Å². The highest BCUT2D eigenvalue weighted by Gasteiger charge is 2.59. The molecule has 0 bridgehead atoms. The number of carbonyl (C=O) groups is 2. The van der Waals surface area contributed by atoms with Crippen molar-refractivity contribution in [1.82, 2.24) is 0 Å². The lowest BCUT2D eigenvalue weighted by molar-refractivity contribution is -0.165. The monoisotopic (exact) mass is 462 g/mol. The molecular formula is C31H26O4. The molecule has 5 rings (SSSR count). The number of carbonyl (C=O) groups excluding carboxylic acids is 1. The maximum atomic E-state index is 13.6. The average molecular weight is 463 g/mol. The van der Waals surface area contributed by atoms with Gasteiger partial charge in [0.1, 0.15) is 6.61 Å². The minimum absolute atomic E-state index is 0.126. The standard InChI is InChI=1S/C31H26O4/c32-30(33)28-26(22-14-6-2-7-15-22)29(27(28)23-16-8-3-9-17-23)31(34)35-20-24-18-10-11-19-25(24)21-12-4-1-5-13-21/h1-19,26-29H,20H2,(H,32,33)/t26-,27+,28?,29?. The smallest absolute Gasteiger partial charge is 0.310 e. The Hall–Kier alpha value is -4.18. The second-order valence-electron chi connectivity index (χ2n) is 8.89. The summed E-state index contributed by atoms with van der Waals surface area (Å²) in [6.45, 7) is 0.126. The number of carboxylic acids is 1. The van der Waals surface area contributed by atoms with E-state index < -0.39 is 29.6 Å². The van der Waals surface area contributed by atoms with Gasteiger partial charge in [0.15, 0.2) is 0 Å². The van der Waals surface area contributed by atoms with E-state index in [-0.39, 0.29) is 12.6 Å². The number of aliphatic carboxylic acids is 1. The summed E-state index contributed by atoms with van der Waals surface area (Å²) >= 11 is 0. The molecule has 35 heavy (non-hydrogen) atoms. The van der Waals surface area contributed by atoms with Crippen molar-refractivity contribution < 1.29 is 19.4 Å². The molecule has 2 unspecified atom stereocenters. The molecule has 1 fully saturated rings. The minimum atomic E-state index is -0.897. The van der Waals surface area contributed by atoms with E-state index >= 15 is 0 Å². The quantitative estimate of drug-likeness (QED) is 0.328. The number of ether oxygens (including phenoxy) is 1. The highest BCUT2D eigenvalue weighted by molar-refractivity contribution is 5.84. The predicted octanol–water partition coefficient (Wildman–Crippen LogP) is 6.30. The van der Waals surface area contributed by atoms with E-state index in [4.69, 9.17) is 4.74 Å². The van der Waals surface area contributed by atoms with E-state index in [0.717, 1.165) is 27.8 Å². The van der Waals surface area contributed by atoms with Gasteiger partial charge in [-0.05, 0) is 27.8 Å². The van der Waals surface area contributed by atoms with Crippen molar-refractivity contribution in [2.45, 2.75) is 18.4 Å². The van der Waals surface area contributed by atoms with Gasteiger partial charge in [0.2, 0.25) is 0 Å². The first-order valence-electron chi connectivity index (χ1n) is 11.8. The first-order valence-corrected chi connectivity index (χ1v) is 11.8. The third kappa shape index (κ3) is 4.47. The third-order valence-corrected chi connectivity index (χ3v) is 6.95. The minimum Gasteiger partial charge on any atom is -0.481 e. The Balaban J connectivity index is 1.44. The predicted molar refractivity (Wildman–Crippen MR) is 135 cm³/mol. The molecule has 0 heterocycles. The maximum absolute atomic E-state index is 13.6. The average Bonchev–Trinajstić information content (AvgIpc) is 2.89. The molecule has 1 saturated carbocycles. The molecule has 4 atom stereocenters. The van der Waals surface area contributed by atoms with Crippen molar-refractivity contribution in [2.75, 3.05) is 0 Å². The van der Waals surface area contributed by atoms with Crippen LogP contribution in [-0.4, -0.2) is 17.0 Å². The van der Waals surface area contributed by atoms with Crippen LogP contribution in [0.2, 0.25) is 0 Å². The fraction of sp³-hybridized carbons (Fsp3) is 0.161. The fourth-order valence-corrected chi connectivity index (χ4v) is 5.32. The molecule has 0 amide bonds. The molecule has 1 N–H and O–H groups in total. The van der Waals surface area contributed by atoms with Gasteiger partial charge in [-0.3, -0.25) is 9.59 Å². The van der Waals surface area contributed by atoms with Crippen LogP contribution >= 0.6 is 0 Å². The van der Waals surface area contributed by atoms with Crippen LogP contribution in [0.5, 0.6) is 0 Å². The van der Waals surface area contributed by atoms with Crippen molar-refractivity contribution in [3.63, 3.8) is 0 Å². The van der Waals surface area contributed by atoms with Gasteiger partial charge in [-0.1, -0.05) is 115 Å². The van der Waals surface area contributed by atoms with Crippen molar-refractivity contribution in [1.29, 1.82) is 0 Å². The highest BCUT2D eigenvalue weighted by atomic mass is 16.5. The number of hydrogen-bond acceptors (Lipinski definition) is 3. The molecule has 1 aliphatic rings. The molecular weight excluding hydrogens is 436 g/mol. The Morgan fingerprint density at radius 2 is 1.11 bits per heavy atom. The normalized spacial score (nSPS) is 21.0. The first kappa shape index (κ1) is 22.6. The number of carboxylic acid groups (broad SMARTS) is 1. The zero-order chi connectivity index (χ0) is 24.2. The molecule has 0 radical (unpaired) electrons. The fourth-order valence-electron chi connectivity index (χ4n) is 5.32. The lowest BCUT2D eigenvalue weighted by Gasteiger charge is -2.49. The number of hydrogen-bond donors (Lipinski definition) is 1. The molecule has 0 saturated heterocycles. The van der Waals surface area contributed by atoms with Crippen molar-refractivity contribution >= 4 is 11.9 Å². The molecule has 0 aliphatic heterocycles. The van der Waals surface area contributed by atoms with E-state index in [1.54, 1.807) is 0 Å². The Morgan fingerprint density at radius 3 is 1.66 bits per heavy atom. The summed E-state index contributed by atoms with van der Waals surface area (Å²) in [7, 11) is 0. The van der Waals surface area contributed by atoms with Crippen molar-refractivity contribution in [2.24, 2.45) is 11.8 Å². The summed E-state index contributed by atoms with van der Waals surface area (Å²) in [5, 5.41) is 10.1. The van der Waals surface area contributed by atoms with E-state index in [9.17, 15) is 14.7 Å². The summed E-state index contributed by atoms with van der Waals surface area (Å²) in [6, 6.07) is 36.7. The van der Waals surface area contributed by atoms with Gasteiger partial charge < -0.3 is 9.84 Å². The Morgan fingerprint density at radius 1 is 0.629 bits per heavy atom. The van der Waals surface area contributed by atoms with Gasteiger partial charge >= 0.3 is 11.9 Å². The molecule has 0 spiro atoms. The van der Waals surface area contributed by atoms with Crippen LogP contribution in [0.3, 0.4) is 0 Å². The Bertz CT molecular complexity index is 1250. The lowest BCUT2D eigenvalue weighted by atomic mass is 9.52. The van der Waals surface area contributed by atoms with E-state index in [1.165, 1.54) is 0 Å². The van der Waals surface area contributed by atoms with Gasteiger partial charge in [0.05, 0.1) is 11.8 Å². The summed E-state index contributed by atoms with van der Waals surface area (Å²) in [5.41, 5.74) is 4.67. The van der Waals surface area contributed by atoms with Gasteiger partial charge in [-0.15, -0.1) is 0 Å². The zero-order valence-corrected chi connectivity index (χ0v) is 19.2. The van der Waals surface area contributed by atoms with Crippen molar-refractivity contribution in [3.05, 3.63) is 132 Å². The summed E-state index contributed by atoms with van der Waals surface area (Å²) < 4.78 is 5.89. The summed E-state index contributed by atoms with van der Waals surface area (Å²) in [6.07, 6.45) is 0. The first-order chi connectivity index (χ1) is 17.1. The third-order valence-electron chi connectivity index (χ3n) is 6.95. The van der Waals surface area contributed by atoms with Gasteiger partial charge in [-0.2, -0.15) is 0 Å². The molecule has 174 valence electrons. The van der Waals surface area contributed by atoms with E-state index in [2.05, 4.69) is 0 Å². The topological polar surface area (TPSA) is 63.6 Å². The van der Waals surface area contributed by atoms with Crippen LogP contribution in [0.4, 0.5) is 0 Å². The van der Waals surface area contributed by atoms with Crippen LogP contribution in [0.25, 0.3) is 11.1 Å². The lowest BCUT2D eigenvalue weighted by Crippen LogP contribution is -2.51. The van der Waals surface area contributed by atoms with E-state index in [1.807, 2.05) is 115 Å². The second kappa shape index (κ2) is 9.98. The SMILES string of the molecule is O=C(O)C1[C@@H](c2ccccc2)C(C(=O)OCc2ccccc2-c2ccccc2)[C@H]1c1ccccc1. The van der Waals surface area contributed by atoms with Crippen LogP contribution in [0.15, 0.2) is 115 Å². The van der Waals surface area contributed by atoms with Crippen molar-refractivity contribution in [3.8, 4) is 11.1 Å². The Kier molecular flexibility index (Phi) is 6.44. The maximum Gasteiger partial charge on any atom is 0.310 e. The highest BCUT2D eigenvalue weighted by Crippen LogP contribution is 2.58. The van der Waals surface area contributed by atoms with Gasteiger partial charge in [-0.25, -0.2) is 0 Å². The number of benzene rings is 4. The van der Waals surface area contributed by atoms with Crippen LogP contribution < -0.4 is 0 Å². The van der Waals surface area contributed by atoms with Crippen LogP contribution in [0, 0.1) is 11.8 Å². The van der Waals surface area contributed by atoms with E-state index in [0.29, 0.717) is 0 Å².